The maximum absolute atomic E-state index is 11.7. The van der Waals surface area contributed by atoms with Crippen LogP contribution in [0.15, 0.2) is 29.2 Å². The van der Waals surface area contributed by atoms with Crippen molar-refractivity contribution in [2.24, 2.45) is 0 Å². The largest absolute Gasteiger partial charge is 0.611 e. The van der Waals surface area contributed by atoms with Gasteiger partial charge in [-0.2, -0.15) is 0 Å². The van der Waals surface area contributed by atoms with E-state index in [0.717, 1.165) is 0 Å². The Bertz CT molecular complexity index is 405. The summed E-state index contributed by atoms with van der Waals surface area (Å²) in [5.74, 6) is 0.276. The molecule has 0 bridgehead atoms. The predicted octanol–water partition coefficient (Wildman–Crippen LogP) is 1.46. The maximum atomic E-state index is 11.7. The van der Waals surface area contributed by atoms with Crippen molar-refractivity contribution < 1.29 is 24.0 Å². The molecule has 1 unspecified atom stereocenters. The highest BCUT2D eigenvalue weighted by molar-refractivity contribution is 7.91. The van der Waals surface area contributed by atoms with Gasteiger partial charge in [0.05, 0.1) is 0 Å². The highest BCUT2D eigenvalue weighted by atomic mass is 32.2. The fourth-order valence-electron chi connectivity index (χ4n) is 1.31. The van der Waals surface area contributed by atoms with Gasteiger partial charge in [0.15, 0.2) is 10.6 Å². The number of unbranched alkanes of at least 4 members (excludes halogenated alkanes) is 1. The van der Waals surface area contributed by atoms with E-state index >= 15 is 0 Å². The highest BCUT2D eigenvalue weighted by Gasteiger charge is 2.16. The first kappa shape index (κ1) is 14.5. The van der Waals surface area contributed by atoms with Crippen LogP contribution in [0.4, 0.5) is 0 Å². The van der Waals surface area contributed by atoms with Crippen LogP contribution in [0.5, 0.6) is 5.75 Å². The van der Waals surface area contributed by atoms with Crippen molar-refractivity contribution in [2.75, 3.05) is 11.9 Å². The van der Waals surface area contributed by atoms with Crippen LogP contribution in [-0.2, 0) is 15.7 Å². The summed E-state index contributed by atoms with van der Waals surface area (Å²) < 4.78 is 22.3. The van der Waals surface area contributed by atoms with E-state index < -0.39 is 18.8 Å². The van der Waals surface area contributed by atoms with Gasteiger partial charge in [-0.3, -0.25) is 4.57 Å². The average Bonchev–Trinajstić information content (AvgIpc) is 2.23. The molecule has 0 radical (unpaired) electrons. The molecule has 3 N–H and O–H groups in total. The summed E-state index contributed by atoms with van der Waals surface area (Å²) in [6.45, 7) is 0. The zero-order chi connectivity index (χ0) is 12.9. The van der Waals surface area contributed by atoms with Gasteiger partial charge in [0.2, 0.25) is 0 Å². The topological polar surface area (TPSA) is 101 Å². The lowest BCUT2D eigenvalue weighted by Crippen LogP contribution is -2.07. The number of phenols is 1. The molecule has 7 heteroatoms. The SMILES string of the molecule is O=P(O)(O)CCCC[S+]([O-])c1ccccc1O. The molecule has 0 aliphatic rings. The molecule has 1 rings (SSSR count). The molecule has 0 amide bonds. The standard InChI is InChI=1S/C10H15O5PS/c11-9-5-1-2-6-10(9)17(15)8-4-3-7-16(12,13)14/h1-2,5-6,11H,3-4,7-8H2,(H2,12,13,14). The second kappa shape index (κ2) is 6.42. The molecule has 0 saturated carbocycles. The van der Waals surface area contributed by atoms with E-state index in [2.05, 4.69) is 0 Å². The van der Waals surface area contributed by atoms with E-state index in [4.69, 9.17) is 9.79 Å². The number of hydrogen-bond donors (Lipinski definition) is 3. The second-order valence-corrected chi connectivity index (χ2v) is 6.93. The molecular weight excluding hydrogens is 263 g/mol. The third kappa shape index (κ3) is 5.57. The molecule has 5 nitrogen and oxygen atoms in total. The van der Waals surface area contributed by atoms with E-state index in [1.165, 1.54) is 6.07 Å². The lowest BCUT2D eigenvalue weighted by atomic mass is 10.3. The number of aromatic hydroxyl groups is 1. The van der Waals surface area contributed by atoms with Crippen LogP contribution >= 0.6 is 7.60 Å². The monoisotopic (exact) mass is 278 g/mol. The van der Waals surface area contributed by atoms with Crippen LogP contribution in [0.25, 0.3) is 0 Å². The van der Waals surface area contributed by atoms with Crippen LogP contribution in [-0.4, -0.2) is 31.4 Å². The van der Waals surface area contributed by atoms with Gasteiger partial charge in [0.1, 0.15) is 5.75 Å². The van der Waals surface area contributed by atoms with Gasteiger partial charge in [0.25, 0.3) is 0 Å². The minimum Gasteiger partial charge on any atom is -0.611 e. The smallest absolute Gasteiger partial charge is 0.325 e. The van der Waals surface area contributed by atoms with Gasteiger partial charge < -0.3 is 19.4 Å². The Labute approximate surface area is 103 Å². The molecule has 0 heterocycles. The summed E-state index contributed by atoms with van der Waals surface area (Å²) in [6, 6.07) is 6.36. The Hall–Kier alpha value is -0.520. The number of benzene rings is 1. The summed E-state index contributed by atoms with van der Waals surface area (Å²) >= 11 is -1.33. The quantitative estimate of drug-likeness (QED) is 0.415. The maximum Gasteiger partial charge on any atom is 0.325 e. The molecule has 0 fully saturated rings. The van der Waals surface area contributed by atoms with Crippen LogP contribution < -0.4 is 0 Å². The van der Waals surface area contributed by atoms with Crippen LogP contribution in [0.1, 0.15) is 12.8 Å². The van der Waals surface area contributed by atoms with E-state index in [-0.39, 0.29) is 17.7 Å². The first-order valence-corrected chi connectivity index (χ1v) is 8.23. The molecule has 1 atom stereocenters. The van der Waals surface area contributed by atoms with E-state index in [1.807, 2.05) is 0 Å². The van der Waals surface area contributed by atoms with Crippen molar-refractivity contribution in [1.82, 2.24) is 0 Å². The minimum atomic E-state index is -3.96. The van der Waals surface area contributed by atoms with Gasteiger partial charge >= 0.3 is 7.60 Å². The fourth-order valence-corrected chi connectivity index (χ4v) is 3.16. The van der Waals surface area contributed by atoms with Crippen LogP contribution in [0, 0.1) is 0 Å². The Morgan fingerprint density at radius 2 is 1.88 bits per heavy atom. The van der Waals surface area contributed by atoms with Gasteiger partial charge in [-0.25, -0.2) is 0 Å². The molecule has 96 valence electrons. The van der Waals surface area contributed by atoms with Crippen molar-refractivity contribution in [3.63, 3.8) is 0 Å². The lowest BCUT2D eigenvalue weighted by Gasteiger charge is -2.11. The Morgan fingerprint density at radius 3 is 2.47 bits per heavy atom. The van der Waals surface area contributed by atoms with Crippen LogP contribution in [0.2, 0.25) is 0 Å². The normalized spacial score (nSPS) is 13.6. The summed E-state index contributed by atoms with van der Waals surface area (Å²) in [6.07, 6.45) is 0.584. The predicted molar refractivity (Wildman–Crippen MR) is 65.5 cm³/mol. The number of rotatable bonds is 6. The molecule has 0 aliphatic heterocycles. The lowest BCUT2D eigenvalue weighted by molar-refractivity contribution is 0.371. The second-order valence-electron chi connectivity index (χ2n) is 3.61. The van der Waals surface area contributed by atoms with Crippen molar-refractivity contribution >= 4 is 18.8 Å². The molecule has 0 saturated heterocycles. The Kier molecular flexibility index (Phi) is 5.49. The van der Waals surface area contributed by atoms with Crippen molar-refractivity contribution in [3.05, 3.63) is 24.3 Å². The third-order valence-electron chi connectivity index (χ3n) is 2.14. The summed E-state index contributed by atoms with van der Waals surface area (Å²) in [4.78, 5) is 17.6. The molecule has 1 aromatic carbocycles. The first-order valence-electron chi connectivity index (χ1n) is 5.11. The van der Waals surface area contributed by atoms with E-state index in [0.29, 0.717) is 17.7 Å². The number of hydrogen-bond acceptors (Lipinski definition) is 3. The van der Waals surface area contributed by atoms with Gasteiger partial charge in [0, 0.05) is 6.16 Å². The first-order chi connectivity index (χ1) is 7.90. The van der Waals surface area contributed by atoms with E-state index in [1.54, 1.807) is 18.2 Å². The fraction of sp³-hybridized carbons (Fsp3) is 0.400. The Balaban J connectivity index is 2.38. The van der Waals surface area contributed by atoms with Crippen molar-refractivity contribution in [2.45, 2.75) is 17.7 Å². The summed E-state index contributed by atoms with van der Waals surface area (Å²) in [7, 11) is -3.96. The zero-order valence-electron chi connectivity index (χ0n) is 9.15. The molecular formula is C10H15O5PS. The van der Waals surface area contributed by atoms with Gasteiger partial charge in [-0.05, 0) is 36.2 Å². The molecule has 0 spiro atoms. The molecule has 1 aromatic rings. The van der Waals surface area contributed by atoms with Crippen LogP contribution in [0.3, 0.4) is 0 Å². The van der Waals surface area contributed by atoms with Gasteiger partial charge in [-0.1, -0.05) is 12.1 Å². The molecule has 17 heavy (non-hydrogen) atoms. The average molecular weight is 278 g/mol. The minimum absolute atomic E-state index is 0.0131. The highest BCUT2D eigenvalue weighted by Crippen LogP contribution is 2.35. The number of phenolic OH excluding ortho intramolecular Hbond substituents is 1. The molecule has 0 aliphatic carbocycles. The summed E-state index contributed by atoms with van der Waals surface area (Å²) in [5, 5.41) is 9.45. The van der Waals surface area contributed by atoms with Crippen molar-refractivity contribution in [1.29, 1.82) is 0 Å². The zero-order valence-corrected chi connectivity index (χ0v) is 10.9. The van der Waals surface area contributed by atoms with Gasteiger partial charge in [-0.15, -0.1) is 0 Å². The van der Waals surface area contributed by atoms with E-state index in [9.17, 15) is 14.2 Å². The summed E-state index contributed by atoms with van der Waals surface area (Å²) in [5.41, 5.74) is 0. The van der Waals surface area contributed by atoms with Crippen molar-refractivity contribution in [3.8, 4) is 5.75 Å². The third-order valence-corrected chi connectivity index (χ3v) is 4.53. The number of para-hydroxylation sites is 1. The molecule has 0 aromatic heterocycles. The Morgan fingerprint density at radius 1 is 1.24 bits per heavy atom.